The Balaban J connectivity index is 1.38. The van der Waals surface area contributed by atoms with Crippen LogP contribution in [-0.4, -0.2) is 92.3 Å². The number of hydrogen-bond acceptors (Lipinski definition) is 6. The number of aliphatic hydroxyl groups is 1. The first-order valence-electron chi connectivity index (χ1n) is 19.5. The van der Waals surface area contributed by atoms with Crippen LogP contribution in [0.15, 0.2) is 97.2 Å². The maximum absolute atomic E-state index is 14.5. The Bertz CT molecular complexity index is 1930. The summed E-state index contributed by atoms with van der Waals surface area (Å²) in [5.41, 5.74) is 2.91. The van der Waals surface area contributed by atoms with E-state index in [1.807, 2.05) is 105 Å². The first-order valence-corrected chi connectivity index (χ1v) is 19.5. The lowest BCUT2D eigenvalue weighted by atomic mass is 9.85. The van der Waals surface area contributed by atoms with Gasteiger partial charge in [-0.05, 0) is 59.4 Å². The van der Waals surface area contributed by atoms with Crippen LogP contribution in [0.2, 0.25) is 0 Å². The largest absolute Gasteiger partial charge is 0.465 e. The number of carbonyl (C=O) groups excluding carboxylic acids is 3. The molecule has 0 saturated carbocycles. The lowest BCUT2D eigenvalue weighted by molar-refractivity contribution is -0.129. The zero-order chi connectivity index (χ0) is 40.4. The molecule has 1 aliphatic rings. The number of fused-ring (bicyclic) bond motifs is 1. The molecule has 1 unspecified atom stereocenters. The average molecular weight is 765 g/mol. The molecule has 298 valence electrons. The van der Waals surface area contributed by atoms with E-state index >= 15 is 0 Å². The number of carbonyl (C=O) groups is 4. The highest BCUT2D eigenvalue weighted by atomic mass is 16.4. The van der Waals surface area contributed by atoms with Gasteiger partial charge in [-0.2, -0.15) is 0 Å². The third kappa shape index (κ3) is 10.8. The Morgan fingerprint density at radius 1 is 0.821 bits per heavy atom. The van der Waals surface area contributed by atoms with Crippen molar-refractivity contribution in [1.29, 1.82) is 0 Å². The van der Waals surface area contributed by atoms with Crippen molar-refractivity contribution in [2.24, 2.45) is 11.3 Å². The fraction of sp³-hybridized carbons (Fsp3) is 0.432. The molecule has 6 atom stereocenters. The van der Waals surface area contributed by atoms with Crippen molar-refractivity contribution >= 4 is 34.8 Å². The Hall–Kier alpha value is -5.49. The summed E-state index contributed by atoms with van der Waals surface area (Å²) >= 11 is 0. The molecule has 0 aliphatic carbocycles. The first kappa shape index (κ1) is 41.7. The van der Waals surface area contributed by atoms with Crippen LogP contribution >= 0.6 is 0 Å². The second kappa shape index (κ2) is 18.9. The number of benzene rings is 3. The van der Waals surface area contributed by atoms with Crippen LogP contribution in [0.3, 0.4) is 0 Å². The smallest absolute Gasteiger partial charge is 0.405 e. The minimum Gasteiger partial charge on any atom is -0.465 e. The van der Waals surface area contributed by atoms with Gasteiger partial charge in [-0.15, -0.1) is 0 Å². The Kier molecular flexibility index (Phi) is 14.1. The summed E-state index contributed by atoms with van der Waals surface area (Å²) in [4.78, 5) is 61.8. The van der Waals surface area contributed by atoms with Gasteiger partial charge in [0.2, 0.25) is 11.8 Å². The van der Waals surface area contributed by atoms with E-state index < -0.39 is 47.7 Å². The van der Waals surface area contributed by atoms with E-state index in [0.29, 0.717) is 38.9 Å². The van der Waals surface area contributed by atoms with Crippen LogP contribution in [0.1, 0.15) is 64.2 Å². The number of para-hydroxylation sites is 1. The van der Waals surface area contributed by atoms with Gasteiger partial charge in [-0.1, -0.05) is 120 Å². The Labute approximate surface area is 329 Å². The molecule has 1 fully saturated rings. The zero-order valence-electron chi connectivity index (χ0n) is 33.0. The Morgan fingerprint density at radius 3 is 2.07 bits per heavy atom. The number of aliphatic hydroxyl groups excluding tert-OH is 1. The zero-order valence-corrected chi connectivity index (χ0v) is 33.0. The molecule has 2 heterocycles. The van der Waals surface area contributed by atoms with Gasteiger partial charge in [-0.3, -0.25) is 14.6 Å². The van der Waals surface area contributed by atoms with Gasteiger partial charge >= 0.3 is 12.1 Å². The summed E-state index contributed by atoms with van der Waals surface area (Å²) < 4.78 is 0. The quantitative estimate of drug-likeness (QED) is 0.0911. The van der Waals surface area contributed by atoms with E-state index in [4.69, 9.17) is 0 Å². The van der Waals surface area contributed by atoms with Gasteiger partial charge in [0, 0.05) is 37.3 Å². The highest BCUT2D eigenvalue weighted by molar-refractivity contribution is 5.89. The molecule has 3 aromatic carbocycles. The van der Waals surface area contributed by atoms with E-state index in [-0.39, 0.29) is 24.3 Å². The van der Waals surface area contributed by atoms with Crippen LogP contribution in [0.25, 0.3) is 10.9 Å². The van der Waals surface area contributed by atoms with Crippen LogP contribution in [0.5, 0.6) is 0 Å². The second-order valence-corrected chi connectivity index (χ2v) is 16.0. The third-order valence-corrected chi connectivity index (χ3v) is 10.7. The van der Waals surface area contributed by atoms with Gasteiger partial charge in [0.25, 0.3) is 0 Å². The average Bonchev–Trinajstić information content (AvgIpc) is 3.52. The van der Waals surface area contributed by atoms with Gasteiger partial charge in [-0.25, -0.2) is 9.59 Å². The third-order valence-electron chi connectivity index (χ3n) is 10.7. The molecule has 56 heavy (non-hydrogen) atoms. The SMILES string of the molecule is CCC(C)[C@@H](C(=O)N[C@@H](Cc1ccccc1)[C@@H](O)C[C@H](Cc1ccccc1)NC(=O)[C@@H](NC(=O)O)C(C)(C)C)N1CCN(Cc2ccnc3ccccc23)C1=O. The molecule has 12 heteroatoms. The van der Waals surface area contributed by atoms with E-state index in [0.717, 1.165) is 27.6 Å². The molecule has 0 spiro atoms. The maximum Gasteiger partial charge on any atom is 0.405 e. The number of carboxylic acid groups (broad SMARTS) is 1. The standard InChI is InChI=1S/C44H56N6O6/c1-6-29(2)38(50-24-23-49(43(50)56)28-32-21-22-45-35-20-14-13-19-34(32)35)40(52)47-36(26-31-17-11-8-12-18-31)37(51)27-33(25-30-15-9-7-10-16-30)46-41(53)39(44(3,4)5)48-42(54)55/h7-22,29,33,36-39,48,51H,6,23-28H2,1-5H3,(H,46,53)(H,47,52)(H,54,55)/t29?,33-,36-,37-,38-,39+/m0/s1. The first-order chi connectivity index (χ1) is 26.7. The number of urea groups is 1. The summed E-state index contributed by atoms with van der Waals surface area (Å²) in [5, 5.41) is 31.1. The molecule has 0 bridgehead atoms. The van der Waals surface area contributed by atoms with Crippen LogP contribution < -0.4 is 16.0 Å². The van der Waals surface area contributed by atoms with Gasteiger partial charge in [0.15, 0.2) is 0 Å². The van der Waals surface area contributed by atoms with Crippen molar-refractivity contribution in [2.45, 2.75) is 97.1 Å². The summed E-state index contributed by atoms with van der Waals surface area (Å²) in [5.74, 6) is -1.05. The van der Waals surface area contributed by atoms with Crippen molar-refractivity contribution in [3.63, 3.8) is 0 Å². The summed E-state index contributed by atoms with van der Waals surface area (Å²) in [7, 11) is 0. The summed E-state index contributed by atoms with van der Waals surface area (Å²) in [6, 6.07) is 25.4. The van der Waals surface area contributed by atoms with Crippen molar-refractivity contribution < 1.29 is 29.4 Å². The fourth-order valence-corrected chi connectivity index (χ4v) is 7.49. The molecule has 1 aliphatic heterocycles. The second-order valence-electron chi connectivity index (χ2n) is 16.0. The molecule has 5 amide bonds. The predicted octanol–water partition coefficient (Wildman–Crippen LogP) is 5.78. The van der Waals surface area contributed by atoms with Crippen LogP contribution in [-0.2, 0) is 29.0 Å². The van der Waals surface area contributed by atoms with Gasteiger partial charge in [0.05, 0.1) is 17.7 Å². The predicted molar refractivity (Wildman–Crippen MR) is 217 cm³/mol. The summed E-state index contributed by atoms with van der Waals surface area (Å²) in [6.07, 6.45) is 0.673. The molecule has 12 nitrogen and oxygen atoms in total. The van der Waals surface area contributed by atoms with Crippen molar-refractivity contribution in [3.05, 3.63) is 114 Å². The van der Waals surface area contributed by atoms with E-state index in [2.05, 4.69) is 20.9 Å². The van der Waals surface area contributed by atoms with E-state index in [1.54, 1.807) is 36.8 Å². The number of hydrogen-bond donors (Lipinski definition) is 5. The van der Waals surface area contributed by atoms with E-state index in [1.165, 1.54) is 0 Å². The number of nitrogens with zero attached hydrogens (tertiary/aromatic N) is 3. The van der Waals surface area contributed by atoms with Gasteiger partial charge in [0.1, 0.15) is 12.1 Å². The Morgan fingerprint density at radius 2 is 1.45 bits per heavy atom. The highest BCUT2D eigenvalue weighted by Gasteiger charge is 2.41. The molecule has 5 N–H and O–H groups in total. The normalized spacial score (nSPS) is 16.4. The number of nitrogens with one attached hydrogen (secondary N) is 3. The molecular weight excluding hydrogens is 709 g/mol. The van der Waals surface area contributed by atoms with Crippen LogP contribution in [0.4, 0.5) is 9.59 Å². The molecule has 1 aromatic heterocycles. The van der Waals surface area contributed by atoms with Crippen molar-refractivity contribution in [3.8, 4) is 0 Å². The fourth-order valence-electron chi connectivity index (χ4n) is 7.49. The molecular formula is C44H56N6O6. The van der Waals surface area contributed by atoms with Crippen LogP contribution in [0, 0.1) is 11.3 Å². The molecule has 0 radical (unpaired) electrons. The van der Waals surface area contributed by atoms with Crippen molar-refractivity contribution in [1.82, 2.24) is 30.7 Å². The molecule has 5 rings (SSSR count). The van der Waals surface area contributed by atoms with Gasteiger partial charge < -0.3 is 36.0 Å². The van der Waals surface area contributed by atoms with E-state index in [9.17, 15) is 29.4 Å². The lowest BCUT2D eigenvalue weighted by Crippen LogP contribution is -2.58. The minimum absolute atomic E-state index is 0.0622. The number of rotatable bonds is 17. The number of aromatic nitrogens is 1. The maximum atomic E-state index is 14.5. The molecule has 4 aromatic rings. The molecule has 1 saturated heterocycles. The number of amides is 5. The topological polar surface area (TPSA) is 164 Å². The monoisotopic (exact) mass is 764 g/mol. The van der Waals surface area contributed by atoms with Crippen molar-refractivity contribution in [2.75, 3.05) is 13.1 Å². The highest BCUT2D eigenvalue weighted by Crippen LogP contribution is 2.26. The summed E-state index contributed by atoms with van der Waals surface area (Å²) in [6.45, 7) is 10.5. The number of pyridine rings is 1. The minimum atomic E-state index is -1.31. The lowest BCUT2D eigenvalue weighted by Gasteiger charge is -2.35.